The highest BCUT2D eigenvalue weighted by Crippen LogP contribution is 2.18. The molecule has 0 bridgehead atoms. The minimum Gasteiger partial charge on any atom is -0.462 e. The predicted octanol–water partition coefficient (Wildman–Crippen LogP) is 2.38. The van der Waals surface area contributed by atoms with Crippen LogP contribution < -0.4 is 5.73 Å². The summed E-state index contributed by atoms with van der Waals surface area (Å²) in [4.78, 5) is 11.7. The van der Waals surface area contributed by atoms with Crippen molar-refractivity contribution in [2.45, 2.75) is 25.9 Å². The Kier molecular flexibility index (Phi) is 4.67. The van der Waals surface area contributed by atoms with E-state index in [1.807, 2.05) is 13.8 Å². The van der Waals surface area contributed by atoms with Gasteiger partial charge < -0.3 is 15.2 Å². The molecular formula is C13H18FNO3. The van der Waals surface area contributed by atoms with Crippen LogP contribution in [0.2, 0.25) is 0 Å². The average molecular weight is 255 g/mol. The molecule has 0 aliphatic carbocycles. The van der Waals surface area contributed by atoms with E-state index in [1.165, 1.54) is 18.2 Å². The predicted molar refractivity (Wildman–Crippen MR) is 66.8 cm³/mol. The van der Waals surface area contributed by atoms with Crippen LogP contribution in [0.15, 0.2) is 18.2 Å². The third kappa shape index (κ3) is 3.70. The largest absolute Gasteiger partial charge is 0.462 e. The van der Waals surface area contributed by atoms with E-state index < -0.39 is 11.8 Å². The number of hydrogen-bond acceptors (Lipinski definition) is 4. The fourth-order valence-electron chi connectivity index (χ4n) is 1.32. The second kappa shape index (κ2) is 5.82. The first-order valence-electron chi connectivity index (χ1n) is 5.63. The van der Waals surface area contributed by atoms with Gasteiger partial charge in [-0.25, -0.2) is 9.18 Å². The number of halogens is 1. The summed E-state index contributed by atoms with van der Waals surface area (Å²) in [5, 5.41) is 0. The van der Waals surface area contributed by atoms with Crippen molar-refractivity contribution in [2.24, 2.45) is 0 Å². The quantitative estimate of drug-likeness (QED) is 0.648. The normalized spacial score (nSPS) is 11.3. The van der Waals surface area contributed by atoms with Crippen molar-refractivity contribution >= 4 is 11.7 Å². The first-order valence-corrected chi connectivity index (χ1v) is 5.63. The molecule has 1 aromatic carbocycles. The van der Waals surface area contributed by atoms with Crippen LogP contribution >= 0.6 is 0 Å². The summed E-state index contributed by atoms with van der Waals surface area (Å²) in [5.74, 6) is -1.43. The van der Waals surface area contributed by atoms with Crippen LogP contribution in [0.1, 0.15) is 30.6 Å². The lowest BCUT2D eigenvalue weighted by Gasteiger charge is -2.22. The van der Waals surface area contributed by atoms with E-state index in [4.69, 9.17) is 15.2 Å². The second-order valence-corrected chi connectivity index (χ2v) is 4.55. The van der Waals surface area contributed by atoms with Gasteiger partial charge in [-0.15, -0.1) is 0 Å². The molecule has 100 valence electrons. The number of nitrogens with two attached hydrogens (primary N) is 1. The summed E-state index contributed by atoms with van der Waals surface area (Å²) in [6.45, 7) is 3.89. The van der Waals surface area contributed by atoms with E-state index in [0.717, 1.165) is 0 Å². The molecule has 1 aromatic rings. The van der Waals surface area contributed by atoms with Gasteiger partial charge >= 0.3 is 5.97 Å². The van der Waals surface area contributed by atoms with E-state index in [1.54, 1.807) is 7.11 Å². The first-order chi connectivity index (χ1) is 8.37. The Hall–Kier alpha value is -1.62. The smallest absolute Gasteiger partial charge is 0.343 e. The summed E-state index contributed by atoms with van der Waals surface area (Å²) in [6, 6.07) is 4.07. The van der Waals surface area contributed by atoms with Gasteiger partial charge in [0.1, 0.15) is 11.4 Å². The molecule has 0 fully saturated rings. The first kappa shape index (κ1) is 14.4. The van der Waals surface area contributed by atoms with Crippen molar-refractivity contribution in [1.29, 1.82) is 0 Å². The lowest BCUT2D eigenvalue weighted by Crippen LogP contribution is -2.25. The number of benzene rings is 1. The highest BCUT2D eigenvalue weighted by molar-refractivity contribution is 5.95. The van der Waals surface area contributed by atoms with E-state index in [2.05, 4.69) is 0 Å². The highest BCUT2D eigenvalue weighted by atomic mass is 19.1. The Morgan fingerprint density at radius 2 is 2.11 bits per heavy atom. The molecular weight excluding hydrogens is 237 g/mol. The van der Waals surface area contributed by atoms with Gasteiger partial charge in [-0.2, -0.15) is 0 Å². The molecule has 1 rings (SSSR count). The van der Waals surface area contributed by atoms with Crippen LogP contribution in [0.5, 0.6) is 0 Å². The lowest BCUT2D eigenvalue weighted by atomic mass is 10.1. The second-order valence-electron chi connectivity index (χ2n) is 4.55. The number of esters is 1. The summed E-state index contributed by atoms with van der Waals surface area (Å²) >= 11 is 0. The van der Waals surface area contributed by atoms with E-state index in [9.17, 15) is 9.18 Å². The molecule has 0 radical (unpaired) electrons. The van der Waals surface area contributed by atoms with Crippen LogP contribution in [0, 0.1) is 5.82 Å². The molecule has 0 aromatic heterocycles. The van der Waals surface area contributed by atoms with Gasteiger partial charge in [0.2, 0.25) is 0 Å². The number of carbonyl (C=O) groups excluding carboxylic acids is 1. The SMILES string of the molecule is COC(C)(C)CCOC(=O)c1c(N)cccc1F. The highest BCUT2D eigenvalue weighted by Gasteiger charge is 2.20. The van der Waals surface area contributed by atoms with Crippen LogP contribution in [-0.2, 0) is 9.47 Å². The maximum absolute atomic E-state index is 13.4. The summed E-state index contributed by atoms with van der Waals surface area (Å²) < 4.78 is 23.6. The summed E-state index contributed by atoms with van der Waals surface area (Å²) in [7, 11) is 1.58. The molecule has 0 saturated carbocycles. The van der Waals surface area contributed by atoms with Gasteiger partial charge in [0, 0.05) is 19.2 Å². The topological polar surface area (TPSA) is 61.5 Å². The Balaban J connectivity index is 2.62. The fourth-order valence-corrected chi connectivity index (χ4v) is 1.32. The zero-order valence-electron chi connectivity index (χ0n) is 10.8. The minimum absolute atomic E-state index is 0.0750. The van der Waals surface area contributed by atoms with E-state index in [0.29, 0.717) is 6.42 Å². The average Bonchev–Trinajstić information content (AvgIpc) is 2.28. The standard InChI is InChI=1S/C13H18FNO3/c1-13(2,17-3)7-8-18-12(16)11-9(14)5-4-6-10(11)15/h4-6H,7-8,15H2,1-3H3. The molecule has 0 unspecified atom stereocenters. The zero-order valence-corrected chi connectivity index (χ0v) is 10.8. The van der Waals surface area contributed by atoms with Gasteiger partial charge in [0.25, 0.3) is 0 Å². The number of rotatable bonds is 5. The Bertz CT molecular complexity index is 412. The van der Waals surface area contributed by atoms with Crippen LogP contribution in [0.4, 0.5) is 10.1 Å². The number of methoxy groups -OCH3 is 1. The van der Waals surface area contributed by atoms with Gasteiger partial charge in [-0.3, -0.25) is 0 Å². The van der Waals surface area contributed by atoms with Crippen molar-refractivity contribution in [3.05, 3.63) is 29.6 Å². The molecule has 0 atom stereocenters. The maximum Gasteiger partial charge on any atom is 0.343 e. The molecule has 2 N–H and O–H groups in total. The Labute approximate surface area is 106 Å². The third-order valence-corrected chi connectivity index (χ3v) is 2.74. The maximum atomic E-state index is 13.4. The Morgan fingerprint density at radius 1 is 1.44 bits per heavy atom. The summed E-state index contributed by atoms with van der Waals surface area (Å²) in [5.41, 5.74) is 5.01. The van der Waals surface area contributed by atoms with Crippen molar-refractivity contribution in [1.82, 2.24) is 0 Å². The molecule has 0 spiro atoms. The molecule has 5 heteroatoms. The molecule has 0 aliphatic rings. The fraction of sp³-hybridized carbons (Fsp3) is 0.462. The van der Waals surface area contributed by atoms with Crippen molar-refractivity contribution < 1.29 is 18.7 Å². The van der Waals surface area contributed by atoms with Gasteiger partial charge in [-0.05, 0) is 26.0 Å². The van der Waals surface area contributed by atoms with E-state index >= 15 is 0 Å². The molecule has 18 heavy (non-hydrogen) atoms. The van der Waals surface area contributed by atoms with Crippen molar-refractivity contribution in [3.63, 3.8) is 0 Å². The van der Waals surface area contributed by atoms with Gasteiger partial charge in [-0.1, -0.05) is 6.07 Å². The number of nitrogen functional groups attached to an aromatic ring is 1. The monoisotopic (exact) mass is 255 g/mol. The number of anilines is 1. The number of ether oxygens (including phenoxy) is 2. The van der Waals surface area contributed by atoms with Crippen LogP contribution in [0.3, 0.4) is 0 Å². The van der Waals surface area contributed by atoms with Crippen LogP contribution in [0.25, 0.3) is 0 Å². The Morgan fingerprint density at radius 3 is 2.67 bits per heavy atom. The summed E-state index contributed by atoms with van der Waals surface area (Å²) in [6.07, 6.45) is 0.517. The lowest BCUT2D eigenvalue weighted by molar-refractivity contribution is -0.00571. The van der Waals surface area contributed by atoms with Crippen molar-refractivity contribution in [2.75, 3.05) is 19.5 Å². The molecule has 4 nitrogen and oxygen atoms in total. The zero-order chi connectivity index (χ0) is 13.8. The molecule has 0 saturated heterocycles. The van der Waals surface area contributed by atoms with E-state index in [-0.39, 0.29) is 23.5 Å². The van der Waals surface area contributed by atoms with Gasteiger partial charge in [0.05, 0.1) is 12.2 Å². The van der Waals surface area contributed by atoms with Crippen molar-refractivity contribution in [3.8, 4) is 0 Å². The third-order valence-electron chi connectivity index (χ3n) is 2.74. The molecule has 0 heterocycles. The van der Waals surface area contributed by atoms with Gasteiger partial charge in [0.15, 0.2) is 0 Å². The van der Waals surface area contributed by atoms with Crippen LogP contribution in [-0.4, -0.2) is 25.3 Å². The molecule has 0 amide bonds. The minimum atomic E-state index is -0.752. The number of carbonyl (C=O) groups is 1. The molecule has 0 aliphatic heterocycles. The number of hydrogen-bond donors (Lipinski definition) is 1.